The molecule has 0 radical (unpaired) electrons. The third kappa shape index (κ3) is 4.44. The molecule has 4 rings (SSSR count). The molecule has 2 N–H and O–H groups in total. The summed E-state index contributed by atoms with van der Waals surface area (Å²) in [5, 5.41) is 7.22. The summed E-state index contributed by atoms with van der Waals surface area (Å²) in [6.07, 6.45) is 2.46. The number of aromatic nitrogens is 2. The number of fused-ring (bicyclic) bond motifs is 1. The fourth-order valence-corrected chi connectivity index (χ4v) is 5.29. The van der Waals surface area contributed by atoms with Crippen LogP contribution in [0.4, 0.5) is 4.39 Å². The molecule has 1 aliphatic rings. The number of amides is 1. The third-order valence-electron chi connectivity index (χ3n) is 5.55. The minimum absolute atomic E-state index is 0.0579. The molecule has 0 aliphatic heterocycles. The quantitative estimate of drug-likeness (QED) is 0.535. The van der Waals surface area contributed by atoms with Crippen molar-refractivity contribution in [2.75, 3.05) is 13.1 Å². The van der Waals surface area contributed by atoms with Gasteiger partial charge in [0.05, 0.1) is 10.6 Å². The normalized spacial score (nSPS) is 13.2. The fraction of sp³-hybridized carbons (Fsp3) is 0.304. The van der Waals surface area contributed by atoms with E-state index in [4.69, 9.17) is 0 Å². The van der Waals surface area contributed by atoms with Gasteiger partial charge in [-0.2, -0.15) is 5.10 Å². The number of hydrogen-bond donors (Lipinski definition) is 2. The van der Waals surface area contributed by atoms with Gasteiger partial charge < -0.3 is 5.32 Å². The van der Waals surface area contributed by atoms with Crippen molar-refractivity contribution in [2.24, 2.45) is 0 Å². The average molecular weight is 457 g/mol. The van der Waals surface area contributed by atoms with Crippen LogP contribution in [0.1, 0.15) is 39.3 Å². The summed E-state index contributed by atoms with van der Waals surface area (Å²) in [6, 6.07) is 11.2. The van der Waals surface area contributed by atoms with Crippen LogP contribution in [-0.4, -0.2) is 37.2 Å². The lowest BCUT2D eigenvalue weighted by molar-refractivity contribution is 0.0948. The highest BCUT2D eigenvalue weighted by molar-refractivity contribution is 7.89. The number of nitrogens with one attached hydrogen (secondary N) is 2. The van der Waals surface area contributed by atoms with E-state index >= 15 is 0 Å². The van der Waals surface area contributed by atoms with Gasteiger partial charge in [-0.15, -0.1) is 0 Å². The van der Waals surface area contributed by atoms with Gasteiger partial charge in [0.2, 0.25) is 10.0 Å². The zero-order valence-electron chi connectivity index (χ0n) is 18.0. The molecule has 0 atom stereocenters. The molecule has 2 aromatic carbocycles. The molecule has 0 bridgehead atoms. The van der Waals surface area contributed by atoms with E-state index in [9.17, 15) is 17.6 Å². The predicted octanol–water partition coefficient (Wildman–Crippen LogP) is 2.83. The Labute approximate surface area is 186 Å². The second-order valence-corrected chi connectivity index (χ2v) is 9.67. The molecule has 1 heterocycles. The number of nitrogens with zero attached hydrogens (tertiary/aromatic N) is 2. The number of halogens is 1. The Balaban J connectivity index is 1.42. The molecule has 9 heteroatoms. The monoisotopic (exact) mass is 456 g/mol. The van der Waals surface area contributed by atoms with E-state index in [0.29, 0.717) is 16.9 Å². The van der Waals surface area contributed by atoms with Crippen molar-refractivity contribution in [2.45, 2.75) is 38.0 Å². The molecular formula is C23H25FN4O3S. The van der Waals surface area contributed by atoms with Crippen molar-refractivity contribution in [1.82, 2.24) is 19.8 Å². The number of benzene rings is 2. The molecule has 0 saturated carbocycles. The molecule has 0 saturated heterocycles. The molecule has 7 nitrogen and oxygen atoms in total. The smallest absolute Gasteiger partial charge is 0.272 e. The van der Waals surface area contributed by atoms with Crippen molar-refractivity contribution in [1.29, 1.82) is 0 Å². The van der Waals surface area contributed by atoms with Crippen LogP contribution < -0.4 is 10.0 Å². The van der Waals surface area contributed by atoms with E-state index in [2.05, 4.69) is 15.1 Å². The summed E-state index contributed by atoms with van der Waals surface area (Å²) in [5.41, 5.74) is 4.40. The van der Waals surface area contributed by atoms with E-state index in [-0.39, 0.29) is 29.7 Å². The SMILES string of the molecule is Cc1ccc(C)c(S(=O)(=O)NCCNC(=O)c2nn(-c3ccc(F)cc3)c3c2CCC3)c1. The van der Waals surface area contributed by atoms with Crippen LogP contribution >= 0.6 is 0 Å². The molecule has 32 heavy (non-hydrogen) atoms. The van der Waals surface area contributed by atoms with Crippen molar-refractivity contribution in [3.05, 3.63) is 76.4 Å². The Morgan fingerprint density at radius 2 is 1.84 bits per heavy atom. The molecule has 0 unspecified atom stereocenters. The first-order valence-corrected chi connectivity index (χ1v) is 12.0. The lowest BCUT2D eigenvalue weighted by atomic mass is 10.2. The van der Waals surface area contributed by atoms with Crippen LogP contribution in [-0.2, 0) is 22.9 Å². The van der Waals surface area contributed by atoms with E-state index in [1.54, 1.807) is 35.9 Å². The van der Waals surface area contributed by atoms with Crippen LogP contribution in [0.15, 0.2) is 47.4 Å². The number of aryl methyl sites for hydroxylation is 2. The number of sulfonamides is 1. The largest absolute Gasteiger partial charge is 0.349 e. The number of carbonyl (C=O) groups excluding carboxylic acids is 1. The first kappa shape index (κ1) is 22.2. The Hall–Kier alpha value is -3.04. The van der Waals surface area contributed by atoms with E-state index in [1.165, 1.54) is 12.1 Å². The molecular weight excluding hydrogens is 431 g/mol. The van der Waals surface area contributed by atoms with Crippen LogP contribution in [0.3, 0.4) is 0 Å². The first-order valence-electron chi connectivity index (χ1n) is 10.5. The van der Waals surface area contributed by atoms with Crippen LogP contribution in [0.2, 0.25) is 0 Å². The van der Waals surface area contributed by atoms with Crippen LogP contribution in [0, 0.1) is 19.7 Å². The van der Waals surface area contributed by atoms with Gasteiger partial charge in [-0.3, -0.25) is 4.79 Å². The Morgan fingerprint density at radius 3 is 2.59 bits per heavy atom. The molecule has 0 fully saturated rings. The second kappa shape index (κ2) is 8.84. The summed E-state index contributed by atoms with van der Waals surface area (Å²) in [4.78, 5) is 13.0. The number of rotatable bonds is 7. The van der Waals surface area contributed by atoms with Gasteiger partial charge in [-0.25, -0.2) is 22.2 Å². The highest BCUT2D eigenvalue weighted by Crippen LogP contribution is 2.28. The van der Waals surface area contributed by atoms with E-state index in [1.807, 2.05) is 13.0 Å². The van der Waals surface area contributed by atoms with Gasteiger partial charge in [0.15, 0.2) is 5.69 Å². The zero-order valence-corrected chi connectivity index (χ0v) is 18.8. The Bertz CT molecular complexity index is 1270. The zero-order chi connectivity index (χ0) is 22.9. The lowest BCUT2D eigenvalue weighted by Crippen LogP contribution is -2.35. The Kier molecular flexibility index (Phi) is 6.12. The van der Waals surface area contributed by atoms with Crippen molar-refractivity contribution in [3.63, 3.8) is 0 Å². The summed E-state index contributed by atoms with van der Waals surface area (Å²) < 4.78 is 42.7. The molecule has 1 amide bonds. The molecule has 3 aromatic rings. The van der Waals surface area contributed by atoms with E-state index in [0.717, 1.165) is 36.1 Å². The molecule has 0 spiro atoms. The van der Waals surface area contributed by atoms with Gasteiger partial charge in [-0.1, -0.05) is 12.1 Å². The minimum atomic E-state index is -3.67. The summed E-state index contributed by atoms with van der Waals surface area (Å²) >= 11 is 0. The average Bonchev–Trinajstić information content (AvgIpc) is 3.36. The maximum Gasteiger partial charge on any atom is 0.272 e. The maximum atomic E-state index is 13.3. The lowest BCUT2D eigenvalue weighted by Gasteiger charge is -2.10. The summed E-state index contributed by atoms with van der Waals surface area (Å²) in [7, 11) is -3.67. The number of carbonyl (C=O) groups is 1. The van der Waals surface area contributed by atoms with Gasteiger partial charge in [0.1, 0.15) is 5.82 Å². The van der Waals surface area contributed by atoms with E-state index < -0.39 is 10.0 Å². The van der Waals surface area contributed by atoms with Gasteiger partial charge in [0, 0.05) is 24.3 Å². The van der Waals surface area contributed by atoms with Crippen molar-refractivity contribution < 1.29 is 17.6 Å². The first-order chi connectivity index (χ1) is 15.3. The number of hydrogen-bond acceptors (Lipinski definition) is 4. The Morgan fingerprint density at radius 1 is 1.09 bits per heavy atom. The topological polar surface area (TPSA) is 93.1 Å². The van der Waals surface area contributed by atoms with Crippen molar-refractivity contribution in [3.8, 4) is 5.69 Å². The third-order valence-corrected chi connectivity index (χ3v) is 7.16. The predicted molar refractivity (Wildman–Crippen MR) is 119 cm³/mol. The van der Waals surface area contributed by atoms with Crippen LogP contribution in [0.25, 0.3) is 5.69 Å². The highest BCUT2D eigenvalue weighted by atomic mass is 32.2. The molecule has 1 aromatic heterocycles. The van der Waals surface area contributed by atoms with Gasteiger partial charge in [0.25, 0.3) is 5.91 Å². The van der Waals surface area contributed by atoms with Gasteiger partial charge in [-0.05, 0) is 74.6 Å². The maximum absolute atomic E-state index is 13.3. The van der Waals surface area contributed by atoms with Crippen molar-refractivity contribution >= 4 is 15.9 Å². The second-order valence-electron chi connectivity index (χ2n) is 7.94. The van der Waals surface area contributed by atoms with Crippen LogP contribution in [0.5, 0.6) is 0 Å². The minimum Gasteiger partial charge on any atom is -0.349 e. The molecule has 1 aliphatic carbocycles. The summed E-state index contributed by atoms with van der Waals surface area (Å²) in [5.74, 6) is -0.686. The highest BCUT2D eigenvalue weighted by Gasteiger charge is 2.27. The molecule has 168 valence electrons. The standard InChI is InChI=1S/C23H25FN4O3S/c1-15-6-7-16(2)21(14-15)32(30,31)26-13-12-25-23(29)22-19-4-3-5-20(19)28(27-22)18-10-8-17(24)9-11-18/h6-11,14,26H,3-5,12-13H2,1-2H3,(H,25,29). The fourth-order valence-electron chi connectivity index (χ4n) is 3.94. The van der Waals surface area contributed by atoms with Gasteiger partial charge >= 0.3 is 0 Å². The summed E-state index contributed by atoms with van der Waals surface area (Å²) in [6.45, 7) is 3.76.